The lowest BCUT2D eigenvalue weighted by molar-refractivity contribution is -0.124. The largest absolute Gasteiger partial charge is 0.497 e. The Balaban J connectivity index is 0.00000261. The van der Waals surface area contributed by atoms with Crippen molar-refractivity contribution in [3.8, 4) is 16.3 Å². The molecule has 1 aromatic heterocycles. The summed E-state index contributed by atoms with van der Waals surface area (Å²) in [6.07, 6.45) is -0.468. The molecule has 148 valence electrons. The van der Waals surface area contributed by atoms with Gasteiger partial charge in [-0.3, -0.25) is 10.1 Å². The molecule has 27 heavy (non-hydrogen) atoms. The van der Waals surface area contributed by atoms with Gasteiger partial charge in [0, 0.05) is 12.0 Å². The van der Waals surface area contributed by atoms with Gasteiger partial charge in [0.25, 0.3) is 5.92 Å². The molecule has 9 heteroatoms. The van der Waals surface area contributed by atoms with Gasteiger partial charge in [0.05, 0.1) is 36.3 Å². The van der Waals surface area contributed by atoms with Gasteiger partial charge in [0.1, 0.15) is 10.8 Å². The first kappa shape index (κ1) is 21.5. The Morgan fingerprint density at radius 3 is 2.63 bits per heavy atom. The molecule has 2 aromatic rings. The van der Waals surface area contributed by atoms with Gasteiger partial charge < -0.3 is 10.1 Å². The number of rotatable bonds is 5. The summed E-state index contributed by atoms with van der Waals surface area (Å²) in [6.45, 7) is 3.26. The van der Waals surface area contributed by atoms with Gasteiger partial charge in [-0.15, -0.1) is 23.7 Å². The number of halogens is 3. The van der Waals surface area contributed by atoms with E-state index >= 15 is 0 Å². The molecule has 1 saturated heterocycles. The molecular weight excluding hydrogens is 396 g/mol. The highest BCUT2D eigenvalue weighted by Gasteiger charge is 2.42. The van der Waals surface area contributed by atoms with Crippen LogP contribution in [0.25, 0.3) is 10.6 Å². The molecule has 2 atom stereocenters. The summed E-state index contributed by atoms with van der Waals surface area (Å²) in [5, 5.41) is 6.23. The van der Waals surface area contributed by atoms with Crippen LogP contribution >= 0.6 is 23.7 Å². The van der Waals surface area contributed by atoms with Crippen molar-refractivity contribution in [2.75, 3.05) is 13.7 Å². The normalized spacial score (nSPS) is 19.2. The van der Waals surface area contributed by atoms with Crippen molar-refractivity contribution < 1.29 is 18.3 Å². The molecule has 1 fully saturated rings. The summed E-state index contributed by atoms with van der Waals surface area (Å²) in [6, 6.07) is 6.42. The molecule has 1 aliphatic heterocycles. The molecule has 0 aliphatic carbocycles. The maximum atomic E-state index is 13.3. The molecule has 1 aliphatic rings. The molecule has 1 aromatic carbocycles. The van der Waals surface area contributed by atoms with Crippen LogP contribution in [0.4, 0.5) is 8.78 Å². The van der Waals surface area contributed by atoms with Crippen LogP contribution in [0.5, 0.6) is 5.75 Å². The molecule has 0 saturated carbocycles. The van der Waals surface area contributed by atoms with Crippen molar-refractivity contribution >= 4 is 29.7 Å². The van der Waals surface area contributed by atoms with Gasteiger partial charge in [-0.1, -0.05) is 0 Å². The van der Waals surface area contributed by atoms with Crippen LogP contribution in [0, 0.1) is 6.92 Å². The molecule has 2 heterocycles. The lowest BCUT2D eigenvalue weighted by Crippen LogP contribution is -2.41. The number of benzene rings is 1. The van der Waals surface area contributed by atoms with Crippen LogP contribution in [-0.4, -0.2) is 36.5 Å². The summed E-state index contributed by atoms with van der Waals surface area (Å²) < 4.78 is 31.7. The number of aromatic nitrogens is 1. The molecule has 3 rings (SSSR count). The maximum absolute atomic E-state index is 13.3. The smallest absolute Gasteiger partial charge is 0.262 e. The van der Waals surface area contributed by atoms with E-state index in [0.717, 1.165) is 26.9 Å². The monoisotopic (exact) mass is 417 g/mol. The van der Waals surface area contributed by atoms with Crippen molar-refractivity contribution in [1.82, 2.24) is 15.6 Å². The SMILES string of the molecule is COc1ccc(-c2nc(C)c(C(C)NC(=O)C3CC(F)(F)CN3)s2)cc1.Cl. The van der Waals surface area contributed by atoms with E-state index in [0.29, 0.717) is 0 Å². The minimum Gasteiger partial charge on any atom is -0.497 e. The lowest BCUT2D eigenvalue weighted by Gasteiger charge is -2.16. The van der Waals surface area contributed by atoms with E-state index in [1.807, 2.05) is 38.1 Å². The zero-order valence-electron chi connectivity index (χ0n) is 15.2. The van der Waals surface area contributed by atoms with Gasteiger partial charge >= 0.3 is 0 Å². The zero-order valence-corrected chi connectivity index (χ0v) is 16.8. The van der Waals surface area contributed by atoms with Gasteiger partial charge in [-0.05, 0) is 38.1 Å². The number of ether oxygens (including phenoxy) is 1. The van der Waals surface area contributed by atoms with E-state index < -0.39 is 30.8 Å². The number of methoxy groups -OCH3 is 1. The second-order valence-electron chi connectivity index (χ2n) is 6.42. The summed E-state index contributed by atoms with van der Waals surface area (Å²) in [4.78, 5) is 17.7. The first-order valence-corrected chi connectivity index (χ1v) is 9.14. The number of carbonyl (C=O) groups is 1. The van der Waals surface area contributed by atoms with E-state index in [4.69, 9.17) is 4.74 Å². The molecule has 1 amide bonds. The number of amides is 1. The predicted molar refractivity (Wildman–Crippen MR) is 104 cm³/mol. The highest BCUT2D eigenvalue weighted by Crippen LogP contribution is 2.33. The van der Waals surface area contributed by atoms with Crippen LogP contribution in [0.3, 0.4) is 0 Å². The summed E-state index contributed by atoms with van der Waals surface area (Å²) in [5.74, 6) is -2.47. The number of thiazole rings is 1. The van der Waals surface area contributed by atoms with Gasteiger partial charge in [0.15, 0.2) is 0 Å². The molecule has 0 spiro atoms. The van der Waals surface area contributed by atoms with E-state index in [9.17, 15) is 13.6 Å². The van der Waals surface area contributed by atoms with Crippen LogP contribution < -0.4 is 15.4 Å². The van der Waals surface area contributed by atoms with Crippen LogP contribution in [0.1, 0.15) is 30.0 Å². The van der Waals surface area contributed by atoms with Crippen molar-refractivity contribution in [3.63, 3.8) is 0 Å². The highest BCUT2D eigenvalue weighted by molar-refractivity contribution is 7.15. The van der Waals surface area contributed by atoms with Gasteiger partial charge in [0.2, 0.25) is 5.91 Å². The third kappa shape index (κ3) is 4.94. The minimum absolute atomic E-state index is 0. The second-order valence-corrected chi connectivity index (χ2v) is 7.45. The Kier molecular flexibility index (Phi) is 6.77. The van der Waals surface area contributed by atoms with Crippen molar-refractivity contribution in [2.45, 2.75) is 38.3 Å². The molecule has 2 N–H and O–H groups in total. The Hall–Kier alpha value is -1.77. The van der Waals surface area contributed by atoms with Crippen molar-refractivity contribution in [2.24, 2.45) is 0 Å². The fourth-order valence-electron chi connectivity index (χ4n) is 2.95. The Labute approximate surface area is 166 Å². The molecule has 5 nitrogen and oxygen atoms in total. The topological polar surface area (TPSA) is 63.2 Å². The highest BCUT2D eigenvalue weighted by atomic mass is 35.5. The van der Waals surface area contributed by atoms with E-state index in [1.54, 1.807) is 7.11 Å². The Morgan fingerprint density at radius 1 is 1.41 bits per heavy atom. The third-order valence-electron chi connectivity index (χ3n) is 4.35. The molecule has 2 unspecified atom stereocenters. The molecular formula is C18H22ClF2N3O2S. The van der Waals surface area contributed by atoms with Crippen molar-refractivity contribution in [3.05, 3.63) is 34.8 Å². The first-order chi connectivity index (χ1) is 12.3. The summed E-state index contributed by atoms with van der Waals surface area (Å²) >= 11 is 1.48. The second kappa shape index (κ2) is 8.50. The third-order valence-corrected chi connectivity index (χ3v) is 5.74. The van der Waals surface area contributed by atoms with Crippen LogP contribution in [0.2, 0.25) is 0 Å². The Morgan fingerprint density at radius 2 is 2.07 bits per heavy atom. The van der Waals surface area contributed by atoms with E-state index in [2.05, 4.69) is 15.6 Å². The van der Waals surface area contributed by atoms with E-state index in [1.165, 1.54) is 11.3 Å². The van der Waals surface area contributed by atoms with Crippen LogP contribution in [-0.2, 0) is 4.79 Å². The number of hydrogen-bond donors (Lipinski definition) is 2. The lowest BCUT2D eigenvalue weighted by atomic mass is 10.1. The average Bonchev–Trinajstić information content (AvgIpc) is 3.17. The fraction of sp³-hybridized carbons (Fsp3) is 0.444. The average molecular weight is 418 g/mol. The number of nitrogens with one attached hydrogen (secondary N) is 2. The van der Waals surface area contributed by atoms with Crippen LogP contribution in [0.15, 0.2) is 24.3 Å². The number of alkyl halides is 2. The Bertz CT molecular complexity index is 798. The fourth-order valence-corrected chi connectivity index (χ4v) is 4.02. The number of hydrogen-bond acceptors (Lipinski definition) is 5. The standard InChI is InChI=1S/C18H21F2N3O2S.ClH/c1-10(22-16(24)14-8-18(19,20)9-21-14)15-11(2)23-17(26-15)12-4-6-13(25-3)7-5-12;/h4-7,10,14,21H,8-9H2,1-3H3,(H,22,24);1H. The van der Waals surface area contributed by atoms with Gasteiger partial charge in [-0.2, -0.15) is 0 Å². The summed E-state index contributed by atoms with van der Waals surface area (Å²) in [5.41, 5.74) is 1.78. The molecule has 0 bridgehead atoms. The quantitative estimate of drug-likeness (QED) is 0.778. The first-order valence-electron chi connectivity index (χ1n) is 8.32. The number of carbonyl (C=O) groups excluding carboxylic acids is 1. The van der Waals surface area contributed by atoms with Crippen molar-refractivity contribution in [1.29, 1.82) is 0 Å². The maximum Gasteiger partial charge on any atom is 0.262 e. The van der Waals surface area contributed by atoms with Gasteiger partial charge in [-0.25, -0.2) is 13.8 Å². The number of aryl methyl sites for hydroxylation is 1. The predicted octanol–water partition coefficient (Wildman–Crippen LogP) is 3.72. The summed E-state index contributed by atoms with van der Waals surface area (Å²) in [7, 11) is 1.61. The van der Waals surface area contributed by atoms with E-state index in [-0.39, 0.29) is 18.4 Å². The minimum atomic E-state index is -2.83. The number of nitrogens with zero attached hydrogens (tertiary/aromatic N) is 1. The zero-order chi connectivity index (χ0) is 18.9. The molecule has 0 radical (unpaired) electrons.